The molecule has 1 fully saturated rings. The summed E-state index contributed by atoms with van der Waals surface area (Å²) in [6.45, 7) is 0.998. The molecule has 1 N–H and O–H groups in total. The van der Waals surface area contributed by atoms with Gasteiger partial charge in [0.15, 0.2) is 0 Å². The predicted octanol–water partition coefficient (Wildman–Crippen LogP) is 1.66. The molecule has 1 unspecified atom stereocenters. The first-order valence-electron chi connectivity index (χ1n) is 9.45. The lowest BCUT2D eigenvalue weighted by Gasteiger charge is -2.17. The molecule has 4 rings (SSSR count). The molecule has 2 aromatic rings. The molecule has 2 heterocycles. The summed E-state index contributed by atoms with van der Waals surface area (Å²) in [5, 5.41) is 7.25. The van der Waals surface area contributed by atoms with E-state index in [4.69, 9.17) is 0 Å². The van der Waals surface area contributed by atoms with Gasteiger partial charge in [0.2, 0.25) is 11.8 Å². The van der Waals surface area contributed by atoms with E-state index < -0.39 is 5.92 Å². The molecule has 1 saturated heterocycles. The normalized spacial score (nSPS) is 18.4. The Hall–Kier alpha value is -2.48. The van der Waals surface area contributed by atoms with E-state index in [2.05, 4.69) is 26.3 Å². The smallest absolute Gasteiger partial charge is 0.267 e. The molecule has 2 aliphatic rings. The van der Waals surface area contributed by atoms with E-state index >= 15 is 0 Å². The number of carbonyl (C=O) groups excluding carboxylic acids is 2. The lowest BCUT2D eigenvalue weighted by Crippen LogP contribution is -2.36. The lowest BCUT2D eigenvalue weighted by molar-refractivity contribution is -0.126. The summed E-state index contributed by atoms with van der Waals surface area (Å²) in [6, 6.07) is 9.13. The van der Waals surface area contributed by atoms with Crippen LogP contribution >= 0.6 is 15.9 Å². The second kappa shape index (κ2) is 7.87. The molecule has 8 heteroatoms. The van der Waals surface area contributed by atoms with Gasteiger partial charge in [-0.15, -0.1) is 0 Å². The molecule has 0 bridgehead atoms. The van der Waals surface area contributed by atoms with Crippen LogP contribution in [0.1, 0.15) is 24.1 Å². The average molecular weight is 445 g/mol. The van der Waals surface area contributed by atoms with Crippen molar-refractivity contribution < 1.29 is 9.59 Å². The van der Waals surface area contributed by atoms with E-state index in [1.54, 1.807) is 11.0 Å². The first kappa shape index (κ1) is 18.9. The molecule has 0 saturated carbocycles. The summed E-state index contributed by atoms with van der Waals surface area (Å²) in [4.78, 5) is 38.6. The van der Waals surface area contributed by atoms with Crippen LogP contribution in [0.25, 0.3) is 0 Å². The first-order chi connectivity index (χ1) is 13.5. The van der Waals surface area contributed by atoms with Crippen LogP contribution in [-0.2, 0) is 29.0 Å². The number of carbonyl (C=O) groups is 2. The third-order valence-corrected chi connectivity index (χ3v) is 5.76. The molecule has 1 aromatic heterocycles. The molecule has 2 amide bonds. The van der Waals surface area contributed by atoms with E-state index in [9.17, 15) is 14.4 Å². The monoisotopic (exact) mass is 444 g/mol. The Bertz CT molecular complexity index is 988. The van der Waals surface area contributed by atoms with Crippen molar-refractivity contribution in [1.82, 2.24) is 15.1 Å². The molecule has 1 aliphatic heterocycles. The minimum absolute atomic E-state index is 0.0604. The number of amides is 2. The number of halogens is 1. The first-order valence-corrected chi connectivity index (χ1v) is 10.2. The fourth-order valence-corrected chi connectivity index (χ4v) is 4.19. The van der Waals surface area contributed by atoms with Crippen LogP contribution in [0.15, 0.2) is 39.6 Å². The second-order valence-electron chi connectivity index (χ2n) is 7.21. The number of hydrogen-bond donors (Lipinski definition) is 1. The van der Waals surface area contributed by atoms with Crippen molar-refractivity contribution in [3.63, 3.8) is 0 Å². The number of nitrogens with zero attached hydrogens (tertiary/aromatic N) is 3. The Labute approximate surface area is 170 Å². The van der Waals surface area contributed by atoms with Gasteiger partial charge in [0.25, 0.3) is 5.56 Å². The van der Waals surface area contributed by atoms with Gasteiger partial charge in [-0.2, -0.15) is 5.10 Å². The third kappa shape index (κ3) is 3.87. The molecule has 0 spiro atoms. The van der Waals surface area contributed by atoms with Crippen molar-refractivity contribution in [1.29, 1.82) is 0 Å². The zero-order valence-electron chi connectivity index (χ0n) is 15.4. The van der Waals surface area contributed by atoms with Gasteiger partial charge in [0, 0.05) is 35.7 Å². The van der Waals surface area contributed by atoms with E-state index in [1.807, 2.05) is 24.3 Å². The van der Waals surface area contributed by atoms with Crippen LogP contribution in [0.2, 0.25) is 0 Å². The number of nitrogens with one attached hydrogen (secondary N) is 1. The highest BCUT2D eigenvalue weighted by molar-refractivity contribution is 9.10. The summed E-state index contributed by atoms with van der Waals surface area (Å²) in [5.41, 5.74) is 2.68. The number of aryl methyl sites for hydroxylation is 2. The second-order valence-corrected chi connectivity index (χ2v) is 8.12. The average Bonchev–Trinajstić information content (AvgIpc) is 3.27. The number of anilines is 1. The maximum Gasteiger partial charge on any atom is 0.267 e. The van der Waals surface area contributed by atoms with Crippen LogP contribution in [0.4, 0.5) is 5.69 Å². The highest BCUT2D eigenvalue weighted by Gasteiger charge is 2.35. The number of benzene rings is 1. The Balaban J connectivity index is 1.34. The number of rotatable bonds is 5. The van der Waals surface area contributed by atoms with Gasteiger partial charge in [-0.25, -0.2) is 4.68 Å². The molecule has 0 radical (unpaired) electrons. The van der Waals surface area contributed by atoms with E-state index in [0.29, 0.717) is 19.6 Å². The third-order valence-electron chi connectivity index (χ3n) is 5.26. The minimum atomic E-state index is -0.392. The standard InChI is InChI=1S/C20H21BrN4O3/c21-15-4-2-5-16(11-15)24-12-14(10-18(24)26)20(28)22-7-8-25-19(27)9-13-3-1-6-17(13)23-25/h2,4-5,9,11,14H,1,3,6-8,10,12H2,(H,22,28). The summed E-state index contributed by atoms with van der Waals surface area (Å²) >= 11 is 3.40. The topological polar surface area (TPSA) is 84.3 Å². The molecule has 146 valence electrons. The van der Waals surface area contributed by atoms with E-state index in [1.165, 1.54) is 4.68 Å². The highest BCUT2D eigenvalue weighted by atomic mass is 79.9. The molecular formula is C20H21BrN4O3. The van der Waals surface area contributed by atoms with Crippen LogP contribution in [0.5, 0.6) is 0 Å². The maximum atomic E-state index is 12.5. The summed E-state index contributed by atoms with van der Waals surface area (Å²) in [6.07, 6.45) is 3.04. The van der Waals surface area contributed by atoms with Crippen molar-refractivity contribution in [3.8, 4) is 0 Å². The highest BCUT2D eigenvalue weighted by Crippen LogP contribution is 2.27. The zero-order valence-corrected chi connectivity index (χ0v) is 16.9. The number of aromatic nitrogens is 2. The number of hydrogen-bond acceptors (Lipinski definition) is 4. The van der Waals surface area contributed by atoms with E-state index in [-0.39, 0.29) is 23.8 Å². The summed E-state index contributed by atoms with van der Waals surface area (Å²) < 4.78 is 2.30. The van der Waals surface area contributed by atoms with Gasteiger partial charge >= 0.3 is 0 Å². The SMILES string of the molecule is O=C(NCCn1nc2c(cc1=O)CCC2)C1CC(=O)N(c2cccc(Br)c2)C1. The van der Waals surface area contributed by atoms with Crippen LogP contribution in [-0.4, -0.2) is 34.7 Å². The molecule has 1 aromatic carbocycles. The van der Waals surface area contributed by atoms with Crippen molar-refractivity contribution in [2.75, 3.05) is 18.0 Å². The molecule has 1 atom stereocenters. The van der Waals surface area contributed by atoms with E-state index in [0.717, 1.165) is 40.7 Å². The maximum absolute atomic E-state index is 12.5. The van der Waals surface area contributed by atoms with Crippen LogP contribution < -0.4 is 15.8 Å². The molecular weight excluding hydrogens is 424 g/mol. The molecule has 28 heavy (non-hydrogen) atoms. The Morgan fingerprint density at radius 1 is 1.25 bits per heavy atom. The fraction of sp³-hybridized carbons (Fsp3) is 0.400. The van der Waals surface area contributed by atoms with Crippen molar-refractivity contribution >= 4 is 33.4 Å². The van der Waals surface area contributed by atoms with Gasteiger partial charge in [0.1, 0.15) is 0 Å². The number of fused-ring (bicyclic) bond motifs is 1. The fourth-order valence-electron chi connectivity index (χ4n) is 3.81. The minimum Gasteiger partial charge on any atom is -0.354 e. The summed E-state index contributed by atoms with van der Waals surface area (Å²) in [5.74, 6) is -0.619. The van der Waals surface area contributed by atoms with Gasteiger partial charge in [-0.3, -0.25) is 14.4 Å². The van der Waals surface area contributed by atoms with Gasteiger partial charge in [-0.05, 0) is 43.0 Å². The van der Waals surface area contributed by atoms with Crippen molar-refractivity contribution in [2.45, 2.75) is 32.2 Å². The van der Waals surface area contributed by atoms with Crippen molar-refractivity contribution in [2.24, 2.45) is 5.92 Å². The molecule has 7 nitrogen and oxygen atoms in total. The Morgan fingerprint density at radius 2 is 2.11 bits per heavy atom. The van der Waals surface area contributed by atoms with Crippen molar-refractivity contribution in [3.05, 3.63) is 56.4 Å². The quantitative estimate of drug-likeness (QED) is 0.759. The summed E-state index contributed by atoms with van der Waals surface area (Å²) in [7, 11) is 0. The zero-order chi connectivity index (χ0) is 19.7. The Kier molecular flexibility index (Phi) is 5.30. The lowest BCUT2D eigenvalue weighted by atomic mass is 10.1. The largest absolute Gasteiger partial charge is 0.354 e. The van der Waals surface area contributed by atoms with Gasteiger partial charge < -0.3 is 10.2 Å². The van der Waals surface area contributed by atoms with Gasteiger partial charge in [0.05, 0.1) is 18.2 Å². The van der Waals surface area contributed by atoms with Crippen LogP contribution in [0, 0.1) is 5.92 Å². The van der Waals surface area contributed by atoms with Crippen LogP contribution in [0.3, 0.4) is 0 Å². The van der Waals surface area contributed by atoms with Gasteiger partial charge in [-0.1, -0.05) is 22.0 Å². The molecule has 1 aliphatic carbocycles. The Morgan fingerprint density at radius 3 is 2.93 bits per heavy atom. The predicted molar refractivity (Wildman–Crippen MR) is 108 cm³/mol.